The van der Waals surface area contributed by atoms with Gasteiger partial charge in [-0.25, -0.2) is 4.79 Å². The number of carbonyl (C=O) groups excluding carboxylic acids is 1. The number of rotatable bonds is 10. The van der Waals surface area contributed by atoms with Crippen molar-refractivity contribution in [3.63, 3.8) is 0 Å². The molecule has 6 nitrogen and oxygen atoms in total. The van der Waals surface area contributed by atoms with Crippen molar-refractivity contribution < 1.29 is 14.3 Å². The van der Waals surface area contributed by atoms with E-state index in [1.54, 1.807) is 47.4 Å². The number of hydrogen-bond donors (Lipinski definition) is 1. The summed E-state index contributed by atoms with van der Waals surface area (Å²) in [6, 6.07) is 37.3. The van der Waals surface area contributed by atoms with E-state index in [0.717, 1.165) is 30.4 Å². The minimum absolute atomic E-state index is 0.0484. The first-order chi connectivity index (χ1) is 22.0. The van der Waals surface area contributed by atoms with Crippen molar-refractivity contribution in [2.75, 3.05) is 4.90 Å². The lowest BCUT2D eigenvalue weighted by Gasteiger charge is -2.25. The Morgan fingerprint density at radius 2 is 1.60 bits per heavy atom. The first kappa shape index (κ1) is 29.7. The number of hydrogen-bond acceptors (Lipinski definition) is 5. The van der Waals surface area contributed by atoms with E-state index >= 15 is 0 Å². The van der Waals surface area contributed by atoms with Gasteiger partial charge in [0.15, 0.2) is 0 Å². The van der Waals surface area contributed by atoms with Gasteiger partial charge in [0.2, 0.25) is 0 Å². The Morgan fingerprint density at radius 3 is 2.22 bits per heavy atom. The summed E-state index contributed by atoms with van der Waals surface area (Å²) >= 11 is 0. The Balaban J connectivity index is 1.39. The molecular formula is C39H34N2O4. The molecule has 1 heterocycles. The van der Waals surface area contributed by atoms with E-state index in [0.29, 0.717) is 34.7 Å². The van der Waals surface area contributed by atoms with E-state index in [9.17, 15) is 20.0 Å². The van der Waals surface area contributed by atoms with Gasteiger partial charge in [0.25, 0.3) is 5.91 Å². The number of benzene rings is 4. The molecule has 1 N–H and O–H groups in total. The Labute approximate surface area is 262 Å². The number of aromatic hydroxyl groups is 1. The minimum atomic E-state index is -0.525. The van der Waals surface area contributed by atoms with Crippen LogP contribution in [0.4, 0.5) is 11.4 Å². The highest BCUT2D eigenvalue weighted by atomic mass is 16.4. The zero-order valence-electron chi connectivity index (χ0n) is 25.1. The lowest BCUT2D eigenvalue weighted by atomic mass is 9.86. The maximum atomic E-state index is 13.9. The van der Waals surface area contributed by atoms with Crippen LogP contribution in [-0.2, 0) is 6.42 Å². The first-order valence-corrected chi connectivity index (χ1v) is 15.4. The molecule has 5 aromatic rings. The van der Waals surface area contributed by atoms with Gasteiger partial charge in [-0.3, -0.25) is 9.69 Å². The van der Waals surface area contributed by atoms with Gasteiger partial charge in [-0.2, -0.15) is 5.26 Å². The third kappa shape index (κ3) is 6.44. The molecule has 224 valence electrons. The lowest BCUT2D eigenvalue weighted by molar-refractivity contribution is 0.0999. The van der Waals surface area contributed by atoms with Gasteiger partial charge in [0.05, 0.1) is 17.2 Å². The van der Waals surface area contributed by atoms with Crippen LogP contribution in [0.25, 0.3) is 0 Å². The molecule has 45 heavy (non-hydrogen) atoms. The molecule has 1 aromatic heterocycles. The molecule has 2 unspecified atom stereocenters. The molecule has 0 bridgehead atoms. The molecule has 6 heteroatoms. The maximum absolute atomic E-state index is 13.9. The monoisotopic (exact) mass is 594 g/mol. The highest BCUT2D eigenvalue weighted by molar-refractivity contribution is 6.11. The second-order valence-electron chi connectivity index (χ2n) is 11.6. The van der Waals surface area contributed by atoms with Crippen molar-refractivity contribution in [3.05, 3.63) is 159 Å². The molecule has 0 saturated heterocycles. The van der Waals surface area contributed by atoms with Crippen molar-refractivity contribution in [2.45, 2.75) is 44.4 Å². The van der Waals surface area contributed by atoms with Crippen molar-refractivity contribution >= 4 is 17.3 Å². The molecule has 1 aliphatic carbocycles. The molecule has 1 fully saturated rings. The molecule has 1 amide bonds. The summed E-state index contributed by atoms with van der Waals surface area (Å²) in [6.07, 6.45) is 3.30. The van der Waals surface area contributed by atoms with E-state index < -0.39 is 5.63 Å². The molecule has 6 rings (SSSR count). The molecule has 0 aliphatic heterocycles. The molecule has 4 aromatic carbocycles. The summed E-state index contributed by atoms with van der Waals surface area (Å²) in [6.45, 7) is 2.05. The Morgan fingerprint density at radius 1 is 0.911 bits per heavy atom. The molecule has 0 spiro atoms. The first-order valence-electron chi connectivity index (χ1n) is 15.4. The van der Waals surface area contributed by atoms with Gasteiger partial charge in [-0.05, 0) is 91.3 Å². The Bertz CT molecular complexity index is 1890. The molecule has 0 radical (unpaired) electrons. The summed E-state index contributed by atoms with van der Waals surface area (Å²) in [5, 5.41) is 20.7. The van der Waals surface area contributed by atoms with Crippen LogP contribution in [0, 0.1) is 17.2 Å². The fraction of sp³-hybridized carbons (Fsp3) is 0.205. The SMILES string of the molecule is CCC(Cc1ccccc1)c1cc(O)c(C(c2cccc(N(C(=O)c3ccccc3)c3ccc(C#N)cc3)c2)C2CC2)c(=O)o1. The van der Waals surface area contributed by atoms with Crippen LogP contribution in [0.3, 0.4) is 0 Å². The van der Waals surface area contributed by atoms with E-state index in [4.69, 9.17) is 4.42 Å². The van der Waals surface area contributed by atoms with Gasteiger partial charge in [0.1, 0.15) is 11.5 Å². The summed E-state index contributed by atoms with van der Waals surface area (Å²) < 4.78 is 5.95. The maximum Gasteiger partial charge on any atom is 0.343 e. The smallest absolute Gasteiger partial charge is 0.343 e. The van der Waals surface area contributed by atoms with Crippen LogP contribution in [-0.4, -0.2) is 11.0 Å². The third-order valence-corrected chi connectivity index (χ3v) is 8.58. The van der Waals surface area contributed by atoms with Crippen LogP contribution < -0.4 is 10.5 Å². The van der Waals surface area contributed by atoms with Crippen LogP contribution >= 0.6 is 0 Å². The fourth-order valence-electron chi connectivity index (χ4n) is 6.08. The fourth-order valence-corrected chi connectivity index (χ4v) is 6.08. The van der Waals surface area contributed by atoms with E-state index in [1.807, 2.05) is 67.6 Å². The van der Waals surface area contributed by atoms with Crippen molar-refractivity contribution in [3.8, 4) is 11.8 Å². The molecular weight excluding hydrogens is 560 g/mol. The summed E-state index contributed by atoms with van der Waals surface area (Å²) in [5.74, 6) is -0.0712. The van der Waals surface area contributed by atoms with Gasteiger partial charge in [-0.1, -0.05) is 67.6 Å². The van der Waals surface area contributed by atoms with Crippen LogP contribution in [0.15, 0.2) is 124 Å². The Hall–Kier alpha value is -5.41. The normalized spacial score (nSPS) is 13.9. The Kier molecular flexibility index (Phi) is 8.61. The van der Waals surface area contributed by atoms with Crippen LogP contribution in [0.1, 0.15) is 76.4 Å². The average Bonchev–Trinajstić information content (AvgIpc) is 3.92. The zero-order valence-corrected chi connectivity index (χ0v) is 25.1. The summed E-state index contributed by atoms with van der Waals surface area (Å²) in [5.41, 5.74) is 3.93. The van der Waals surface area contributed by atoms with Crippen molar-refractivity contribution in [2.24, 2.45) is 5.92 Å². The lowest BCUT2D eigenvalue weighted by Crippen LogP contribution is -2.26. The number of nitriles is 1. The van der Waals surface area contributed by atoms with E-state index in [1.165, 1.54) is 0 Å². The number of anilines is 2. The van der Waals surface area contributed by atoms with Gasteiger partial charge < -0.3 is 9.52 Å². The highest BCUT2D eigenvalue weighted by Crippen LogP contribution is 2.48. The van der Waals surface area contributed by atoms with Gasteiger partial charge in [-0.15, -0.1) is 0 Å². The summed E-state index contributed by atoms with van der Waals surface area (Å²) in [7, 11) is 0. The average molecular weight is 595 g/mol. The minimum Gasteiger partial charge on any atom is -0.507 e. The van der Waals surface area contributed by atoms with E-state index in [-0.39, 0.29) is 35.0 Å². The second-order valence-corrected chi connectivity index (χ2v) is 11.6. The van der Waals surface area contributed by atoms with Crippen molar-refractivity contribution in [1.82, 2.24) is 0 Å². The van der Waals surface area contributed by atoms with Crippen LogP contribution in [0.2, 0.25) is 0 Å². The quantitative estimate of drug-likeness (QED) is 0.175. The predicted molar refractivity (Wildman–Crippen MR) is 175 cm³/mol. The van der Waals surface area contributed by atoms with Crippen LogP contribution in [0.5, 0.6) is 5.75 Å². The van der Waals surface area contributed by atoms with Crippen molar-refractivity contribution in [1.29, 1.82) is 5.26 Å². The third-order valence-electron chi connectivity index (χ3n) is 8.58. The van der Waals surface area contributed by atoms with Gasteiger partial charge >= 0.3 is 5.63 Å². The summed E-state index contributed by atoms with van der Waals surface area (Å²) in [4.78, 5) is 29.2. The number of amides is 1. The largest absolute Gasteiger partial charge is 0.507 e. The number of nitrogens with zero attached hydrogens (tertiary/aromatic N) is 2. The standard InChI is InChI=1S/C39H34N2O4/c1-2-28(22-26-10-5-3-6-11-26)35-24-34(42)37(39(44)45-35)36(29-18-19-29)31-14-9-15-33(23-31)41(32-20-16-27(25-40)17-21-32)38(43)30-12-7-4-8-13-30/h3-17,20-21,23-24,28-29,36,42H,2,18-19,22H2,1H3. The molecule has 1 aliphatic rings. The molecule has 2 atom stereocenters. The second kappa shape index (κ2) is 13.1. The molecule has 1 saturated carbocycles. The topological polar surface area (TPSA) is 94.5 Å². The van der Waals surface area contributed by atoms with E-state index in [2.05, 4.69) is 18.2 Å². The predicted octanol–water partition coefficient (Wildman–Crippen LogP) is 8.47. The highest BCUT2D eigenvalue weighted by Gasteiger charge is 2.38. The zero-order chi connectivity index (χ0) is 31.3. The van der Waals surface area contributed by atoms with Gasteiger partial charge in [0, 0.05) is 34.8 Å². The number of carbonyl (C=O) groups is 1.